The Morgan fingerprint density at radius 1 is 0.487 bits per heavy atom. The number of hydrogen-bond donors (Lipinski definition) is 0. The van der Waals surface area contributed by atoms with E-state index in [1.807, 2.05) is 0 Å². The van der Waals surface area contributed by atoms with Crippen molar-refractivity contribution in [3.8, 4) is 16.8 Å². The van der Waals surface area contributed by atoms with E-state index in [9.17, 15) is 0 Å². The summed E-state index contributed by atoms with van der Waals surface area (Å²) in [6, 6.07) is 38.6. The van der Waals surface area contributed by atoms with Gasteiger partial charge in [-0.15, -0.1) is 0 Å². The van der Waals surface area contributed by atoms with Gasteiger partial charge in [-0.1, -0.05) is 119 Å². The van der Waals surface area contributed by atoms with Crippen LogP contribution in [0.5, 0.6) is 0 Å². The number of aromatic nitrogens is 1. The van der Waals surface area contributed by atoms with Crippen LogP contribution in [0.4, 0.5) is 0 Å². The van der Waals surface area contributed by atoms with Crippen LogP contribution in [0.2, 0.25) is 0 Å². The highest BCUT2D eigenvalue weighted by Crippen LogP contribution is 2.62. The highest BCUT2D eigenvalue weighted by Gasteiger charge is 2.46. The Labute approximate surface area is 228 Å². The Hall–Kier alpha value is -4.36. The molecule has 1 heteroatoms. The second-order valence-electron chi connectivity index (χ2n) is 12.5. The normalized spacial score (nSPS) is 16.1. The molecular weight excluding hydrogens is 470 g/mol. The van der Waals surface area contributed by atoms with Gasteiger partial charge in [0, 0.05) is 32.4 Å². The first-order valence-electron chi connectivity index (χ1n) is 14.1. The summed E-state index contributed by atoms with van der Waals surface area (Å²) in [5.41, 5.74) is 12.5. The third-order valence-electron chi connectivity index (χ3n) is 9.91. The number of para-hydroxylation sites is 1. The first-order chi connectivity index (χ1) is 18.9. The standard InChI is InChI=1S/C38H29N/c1-37(2)26-17-10-16-25-31(26)34-33-27(37)18-11-19-28(33)38(3,4)35(34)32-24-15-7-8-20-30(24)39(36(25)32)29-21-9-13-22-12-5-6-14-23(22)29/h5-21H,1-4H3. The fourth-order valence-electron chi connectivity index (χ4n) is 8.21. The molecule has 1 heterocycles. The van der Waals surface area contributed by atoms with Crippen LogP contribution in [-0.4, -0.2) is 4.57 Å². The Bertz CT molecular complexity index is 2220. The van der Waals surface area contributed by atoms with Gasteiger partial charge in [0.15, 0.2) is 0 Å². The van der Waals surface area contributed by atoms with Crippen molar-refractivity contribution in [2.75, 3.05) is 0 Å². The largest absolute Gasteiger partial charge is 0.308 e. The molecule has 6 aromatic carbocycles. The summed E-state index contributed by atoms with van der Waals surface area (Å²) in [5.74, 6) is 0. The molecule has 39 heavy (non-hydrogen) atoms. The van der Waals surface area contributed by atoms with Crippen LogP contribution >= 0.6 is 0 Å². The smallest absolute Gasteiger partial charge is 0.0623 e. The Morgan fingerprint density at radius 3 is 1.95 bits per heavy atom. The molecule has 1 aromatic heterocycles. The van der Waals surface area contributed by atoms with Crippen molar-refractivity contribution in [2.45, 2.75) is 38.5 Å². The molecular formula is C38H29N. The van der Waals surface area contributed by atoms with Crippen LogP contribution in [0, 0.1) is 0 Å². The van der Waals surface area contributed by atoms with Crippen LogP contribution in [0.25, 0.3) is 60.2 Å². The van der Waals surface area contributed by atoms with Crippen molar-refractivity contribution in [1.29, 1.82) is 0 Å². The van der Waals surface area contributed by atoms with E-state index in [1.165, 1.54) is 82.4 Å². The summed E-state index contributed by atoms with van der Waals surface area (Å²) in [5, 5.41) is 8.10. The van der Waals surface area contributed by atoms with E-state index in [-0.39, 0.29) is 10.8 Å². The van der Waals surface area contributed by atoms with Crippen molar-refractivity contribution in [3.05, 3.63) is 125 Å². The van der Waals surface area contributed by atoms with Crippen molar-refractivity contribution < 1.29 is 0 Å². The first-order valence-corrected chi connectivity index (χ1v) is 14.1. The second-order valence-corrected chi connectivity index (χ2v) is 12.5. The molecule has 0 bridgehead atoms. The van der Waals surface area contributed by atoms with E-state index in [0.717, 1.165) is 0 Å². The number of benzene rings is 6. The van der Waals surface area contributed by atoms with Gasteiger partial charge in [0.1, 0.15) is 0 Å². The average Bonchev–Trinajstić information content (AvgIpc) is 3.41. The zero-order chi connectivity index (χ0) is 26.3. The van der Waals surface area contributed by atoms with E-state index < -0.39 is 0 Å². The molecule has 186 valence electrons. The molecule has 0 unspecified atom stereocenters. The van der Waals surface area contributed by atoms with Gasteiger partial charge in [0.25, 0.3) is 0 Å². The lowest BCUT2D eigenvalue weighted by atomic mass is 9.68. The summed E-state index contributed by atoms with van der Waals surface area (Å²) in [7, 11) is 0. The molecule has 0 radical (unpaired) electrons. The lowest BCUT2D eigenvalue weighted by Crippen LogP contribution is -2.23. The molecule has 0 saturated heterocycles. The van der Waals surface area contributed by atoms with Crippen LogP contribution < -0.4 is 0 Å². The van der Waals surface area contributed by atoms with E-state index in [0.29, 0.717) is 0 Å². The molecule has 2 aliphatic rings. The van der Waals surface area contributed by atoms with Crippen molar-refractivity contribution in [1.82, 2.24) is 4.57 Å². The first kappa shape index (κ1) is 21.6. The quantitative estimate of drug-likeness (QED) is 0.212. The SMILES string of the molecule is CC1(C)c2cccc3c2-c2c(c4c5ccccc5n(-c5cccc6ccccc56)c4c4cccc1c24)C3(C)C. The van der Waals surface area contributed by atoms with Crippen molar-refractivity contribution >= 4 is 43.4 Å². The molecule has 1 nitrogen and oxygen atoms in total. The van der Waals surface area contributed by atoms with E-state index in [2.05, 4.69) is 135 Å². The lowest BCUT2D eigenvalue weighted by molar-refractivity contribution is 0.640. The van der Waals surface area contributed by atoms with Crippen LogP contribution in [-0.2, 0) is 10.8 Å². The van der Waals surface area contributed by atoms with Gasteiger partial charge in [0.05, 0.1) is 16.7 Å². The summed E-state index contributed by atoms with van der Waals surface area (Å²) < 4.78 is 2.56. The van der Waals surface area contributed by atoms with Crippen LogP contribution in [0.1, 0.15) is 49.9 Å². The molecule has 0 spiro atoms. The van der Waals surface area contributed by atoms with E-state index >= 15 is 0 Å². The summed E-state index contributed by atoms with van der Waals surface area (Å²) >= 11 is 0. The zero-order valence-electron chi connectivity index (χ0n) is 22.8. The van der Waals surface area contributed by atoms with Gasteiger partial charge in [-0.25, -0.2) is 0 Å². The fraction of sp³-hybridized carbons (Fsp3) is 0.158. The van der Waals surface area contributed by atoms with Gasteiger partial charge >= 0.3 is 0 Å². The maximum absolute atomic E-state index is 2.56. The van der Waals surface area contributed by atoms with Gasteiger partial charge in [-0.2, -0.15) is 0 Å². The Balaban J connectivity index is 1.63. The number of nitrogens with zero attached hydrogens (tertiary/aromatic N) is 1. The number of fused-ring (bicyclic) bond motifs is 6. The van der Waals surface area contributed by atoms with Crippen LogP contribution in [0.3, 0.4) is 0 Å². The summed E-state index contributed by atoms with van der Waals surface area (Å²) in [6.45, 7) is 9.71. The molecule has 0 aliphatic heterocycles. The van der Waals surface area contributed by atoms with Gasteiger partial charge in [0.2, 0.25) is 0 Å². The molecule has 9 rings (SSSR count). The van der Waals surface area contributed by atoms with Gasteiger partial charge in [-0.3, -0.25) is 0 Å². The minimum Gasteiger partial charge on any atom is -0.308 e. The monoisotopic (exact) mass is 499 g/mol. The third-order valence-corrected chi connectivity index (χ3v) is 9.91. The summed E-state index contributed by atoms with van der Waals surface area (Å²) in [4.78, 5) is 0. The summed E-state index contributed by atoms with van der Waals surface area (Å²) in [6.07, 6.45) is 0. The minimum atomic E-state index is -0.103. The fourth-order valence-corrected chi connectivity index (χ4v) is 8.21. The topological polar surface area (TPSA) is 4.93 Å². The average molecular weight is 500 g/mol. The zero-order valence-corrected chi connectivity index (χ0v) is 22.8. The molecule has 0 N–H and O–H groups in total. The molecule has 7 aromatic rings. The predicted molar refractivity (Wildman–Crippen MR) is 165 cm³/mol. The number of rotatable bonds is 1. The molecule has 0 saturated carbocycles. The lowest BCUT2D eigenvalue weighted by Gasteiger charge is -2.35. The predicted octanol–water partition coefficient (Wildman–Crippen LogP) is 10.0. The highest BCUT2D eigenvalue weighted by molar-refractivity contribution is 6.27. The second kappa shape index (κ2) is 6.79. The minimum absolute atomic E-state index is 0.0699. The van der Waals surface area contributed by atoms with Gasteiger partial charge in [-0.05, 0) is 56.3 Å². The highest BCUT2D eigenvalue weighted by atomic mass is 15.0. The van der Waals surface area contributed by atoms with E-state index in [4.69, 9.17) is 0 Å². The van der Waals surface area contributed by atoms with E-state index in [1.54, 1.807) is 0 Å². The molecule has 0 fully saturated rings. The maximum atomic E-state index is 2.56. The Morgan fingerprint density at radius 2 is 1.10 bits per heavy atom. The molecule has 2 aliphatic carbocycles. The van der Waals surface area contributed by atoms with Gasteiger partial charge < -0.3 is 4.57 Å². The third kappa shape index (κ3) is 2.35. The molecule has 0 atom stereocenters. The Kier molecular flexibility index (Phi) is 3.75. The van der Waals surface area contributed by atoms with Crippen LogP contribution in [0.15, 0.2) is 103 Å². The van der Waals surface area contributed by atoms with Crippen molar-refractivity contribution in [2.24, 2.45) is 0 Å². The maximum Gasteiger partial charge on any atom is 0.0623 e. The van der Waals surface area contributed by atoms with Crippen molar-refractivity contribution in [3.63, 3.8) is 0 Å². The number of hydrogen-bond acceptors (Lipinski definition) is 0. The molecule has 0 amide bonds.